The van der Waals surface area contributed by atoms with Crippen LogP contribution < -0.4 is 0 Å². The second-order valence-corrected chi connectivity index (χ2v) is 6.95. The number of aliphatic carboxylic acids is 1. The Morgan fingerprint density at radius 1 is 1.17 bits per heavy atom. The molecule has 0 aromatic carbocycles. The van der Waals surface area contributed by atoms with Crippen molar-refractivity contribution in [3.8, 4) is 0 Å². The Balaban J connectivity index is 2.86. The summed E-state index contributed by atoms with van der Waals surface area (Å²) < 4.78 is 15.7. The monoisotopic (exact) mass is 418 g/mol. The van der Waals surface area contributed by atoms with Crippen LogP contribution in [0.2, 0.25) is 0 Å². The standard InChI is InChI=1S/C19H30O10/c1-10(6-4-5-7-11(2)18(25)26)12(8-14(21)27-3)28-19-17(24)16(23)15(22)13(9-20)29-19/h4-5,7,10,12-13,15-17,19-20,22-24H,6,8-9H2,1-3H3,(H,25,26)/b5-4+,11-7+/t10?,12-,13+,15+,16-,17+,19+/m0/s1. The van der Waals surface area contributed by atoms with E-state index in [1.165, 1.54) is 20.1 Å². The lowest BCUT2D eigenvalue weighted by Crippen LogP contribution is -2.60. The van der Waals surface area contributed by atoms with Crippen LogP contribution in [0.15, 0.2) is 23.8 Å². The van der Waals surface area contributed by atoms with Gasteiger partial charge in [-0.1, -0.05) is 25.2 Å². The number of carbonyl (C=O) groups excluding carboxylic acids is 1. The first-order chi connectivity index (χ1) is 13.6. The first-order valence-corrected chi connectivity index (χ1v) is 9.21. The molecule has 0 saturated carbocycles. The first kappa shape index (κ1) is 25.2. The Morgan fingerprint density at radius 2 is 1.83 bits per heavy atom. The largest absolute Gasteiger partial charge is 0.478 e. The number of carboxylic acid groups (broad SMARTS) is 1. The molecule has 1 saturated heterocycles. The molecular weight excluding hydrogens is 388 g/mol. The van der Waals surface area contributed by atoms with Crippen LogP contribution in [0.4, 0.5) is 0 Å². The van der Waals surface area contributed by atoms with Gasteiger partial charge >= 0.3 is 11.9 Å². The molecule has 0 aromatic rings. The third-order valence-corrected chi connectivity index (χ3v) is 4.72. The number of hydrogen-bond donors (Lipinski definition) is 5. The van der Waals surface area contributed by atoms with Crippen LogP contribution in [0.5, 0.6) is 0 Å². The molecule has 1 aliphatic rings. The smallest absolute Gasteiger partial charge is 0.331 e. The van der Waals surface area contributed by atoms with Crippen molar-refractivity contribution in [1.82, 2.24) is 0 Å². The van der Waals surface area contributed by atoms with Gasteiger partial charge in [0.25, 0.3) is 0 Å². The molecule has 0 aliphatic carbocycles. The quantitative estimate of drug-likeness (QED) is 0.175. The van der Waals surface area contributed by atoms with Gasteiger partial charge in [0.15, 0.2) is 6.29 Å². The summed E-state index contributed by atoms with van der Waals surface area (Å²) in [6, 6.07) is 0. The van der Waals surface area contributed by atoms with Gasteiger partial charge in [-0.25, -0.2) is 4.79 Å². The van der Waals surface area contributed by atoms with Gasteiger partial charge in [0.2, 0.25) is 0 Å². The summed E-state index contributed by atoms with van der Waals surface area (Å²) in [7, 11) is 1.22. The first-order valence-electron chi connectivity index (χ1n) is 9.21. The number of methoxy groups -OCH3 is 1. The van der Waals surface area contributed by atoms with Gasteiger partial charge in [-0.05, 0) is 19.3 Å². The Kier molecular flexibility index (Phi) is 10.4. The van der Waals surface area contributed by atoms with Crippen molar-refractivity contribution in [3.63, 3.8) is 0 Å². The van der Waals surface area contributed by atoms with Crippen molar-refractivity contribution in [2.75, 3.05) is 13.7 Å². The molecule has 1 fully saturated rings. The highest BCUT2D eigenvalue weighted by molar-refractivity contribution is 5.86. The lowest BCUT2D eigenvalue weighted by atomic mass is 9.96. The van der Waals surface area contributed by atoms with E-state index in [-0.39, 0.29) is 17.9 Å². The van der Waals surface area contributed by atoms with Crippen LogP contribution >= 0.6 is 0 Å². The molecule has 0 spiro atoms. The summed E-state index contributed by atoms with van der Waals surface area (Å²) >= 11 is 0. The lowest BCUT2D eigenvalue weighted by molar-refractivity contribution is -0.314. The number of allylic oxidation sites excluding steroid dienone is 3. The van der Waals surface area contributed by atoms with Crippen LogP contribution in [0.3, 0.4) is 0 Å². The van der Waals surface area contributed by atoms with Crippen LogP contribution in [0.1, 0.15) is 26.7 Å². The Hall–Kier alpha value is -1.82. The molecule has 5 N–H and O–H groups in total. The van der Waals surface area contributed by atoms with Crippen LogP contribution in [0.25, 0.3) is 0 Å². The van der Waals surface area contributed by atoms with Gasteiger partial charge in [-0.3, -0.25) is 4.79 Å². The molecular formula is C19H30O10. The molecule has 1 heterocycles. The molecule has 0 bridgehead atoms. The highest BCUT2D eigenvalue weighted by Gasteiger charge is 2.45. The number of ether oxygens (including phenoxy) is 3. The zero-order chi connectivity index (χ0) is 22.1. The Labute approximate surface area is 169 Å². The van der Waals surface area contributed by atoms with Crippen LogP contribution in [-0.4, -0.2) is 88.0 Å². The number of aliphatic hydroxyl groups excluding tert-OH is 4. The summed E-state index contributed by atoms with van der Waals surface area (Å²) in [6.45, 7) is 2.63. The minimum atomic E-state index is -1.59. The molecule has 0 radical (unpaired) electrons. The summed E-state index contributed by atoms with van der Waals surface area (Å²) in [4.78, 5) is 22.5. The van der Waals surface area contributed by atoms with Crippen molar-refractivity contribution >= 4 is 11.9 Å². The average molecular weight is 418 g/mol. The van der Waals surface area contributed by atoms with Gasteiger partial charge in [0.1, 0.15) is 24.4 Å². The summed E-state index contributed by atoms with van der Waals surface area (Å²) in [6.07, 6.45) is -3.02. The van der Waals surface area contributed by atoms with Crippen molar-refractivity contribution in [1.29, 1.82) is 0 Å². The van der Waals surface area contributed by atoms with Crippen LogP contribution in [0, 0.1) is 5.92 Å². The van der Waals surface area contributed by atoms with Crippen LogP contribution in [-0.2, 0) is 23.8 Å². The fourth-order valence-corrected chi connectivity index (χ4v) is 2.71. The SMILES string of the molecule is COC(=O)C[C@H](O[C@@H]1O[C@H](CO)[C@@H](O)[C@H](O)[C@H]1O)C(C)C/C=C/C=C(\C)C(=O)O. The van der Waals surface area contributed by atoms with Gasteiger partial charge in [0.05, 0.1) is 26.2 Å². The molecule has 1 unspecified atom stereocenters. The molecule has 166 valence electrons. The minimum absolute atomic E-state index is 0.162. The zero-order valence-electron chi connectivity index (χ0n) is 16.7. The maximum Gasteiger partial charge on any atom is 0.331 e. The molecule has 29 heavy (non-hydrogen) atoms. The fourth-order valence-electron chi connectivity index (χ4n) is 2.71. The predicted molar refractivity (Wildman–Crippen MR) is 99.6 cm³/mol. The van der Waals surface area contributed by atoms with Crippen molar-refractivity contribution < 1.29 is 49.3 Å². The van der Waals surface area contributed by atoms with E-state index in [0.717, 1.165) is 0 Å². The molecule has 10 heteroatoms. The molecule has 10 nitrogen and oxygen atoms in total. The highest BCUT2D eigenvalue weighted by atomic mass is 16.7. The van der Waals surface area contributed by atoms with E-state index in [1.54, 1.807) is 19.1 Å². The number of rotatable bonds is 10. The Bertz CT molecular complexity index is 600. The van der Waals surface area contributed by atoms with Gasteiger partial charge in [-0.15, -0.1) is 0 Å². The van der Waals surface area contributed by atoms with E-state index in [2.05, 4.69) is 4.74 Å². The second-order valence-electron chi connectivity index (χ2n) is 6.95. The maximum atomic E-state index is 11.8. The molecule has 0 aromatic heterocycles. The lowest BCUT2D eigenvalue weighted by Gasteiger charge is -2.41. The van der Waals surface area contributed by atoms with Crippen molar-refractivity contribution in [2.45, 2.75) is 63.5 Å². The topological polar surface area (TPSA) is 163 Å². The number of aliphatic hydroxyl groups is 4. The molecule has 1 aliphatic heterocycles. The summed E-state index contributed by atoms with van der Waals surface area (Å²) in [5.74, 6) is -1.87. The van der Waals surface area contributed by atoms with E-state index in [4.69, 9.17) is 14.6 Å². The highest BCUT2D eigenvalue weighted by Crippen LogP contribution is 2.26. The van der Waals surface area contributed by atoms with Crippen molar-refractivity contribution in [2.24, 2.45) is 5.92 Å². The second kappa shape index (κ2) is 12.0. The fraction of sp³-hybridized carbons (Fsp3) is 0.684. The average Bonchev–Trinajstić information content (AvgIpc) is 2.69. The van der Waals surface area contributed by atoms with Gasteiger partial charge < -0.3 is 39.7 Å². The molecule has 0 amide bonds. The number of esters is 1. The molecule has 1 rings (SSSR count). The van der Waals surface area contributed by atoms with Crippen molar-refractivity contribution in [3.05, 3.63) is 23.8 Å². The molecule has 7 atom stereocenters. The Morgan fingerprint density at radius 3 is 2.38 bits per heavy atom. The maximum absolute atomic E-state index is 11.8. The summed E-state index contributed by atoms with van der Waals surface area (Å²) in [5.41, 5.74) is 0.164. The van der Waals surface area contributed by atoms with E-state index in [0.29, 0.717) is 6.42 Å². The normalized spacial score (nSPS) is 30.2. The van der Waals surface area contributed by atoms with E-state index in [1.807, 2.05) is 0 Å². The van der Waals surface area contributed by atoms with E-state index in [9.17, 15) is 30.0 Å². The van der Waals surface area contributed by atoms with E-state index < -0.39 is 55.4 Å². The zero-order valence-corrected chi connectivity index (χ0v) is 16.7. The third-order valence-electron chi connectivity index (χ3n) is 4.72. The van der Waals surface area contributed by atoms with Gasteiger partial charge in [-0.2, -0.15) is 0 Å². The number of hydrogen-bond acceptors (Lipinski definition) is 9. The number of carboxylic acids is 1. The van der Waals surface area contributed by atoms with Gasteiger partial charge in [0, 0.05) is 5.57 Å². The number of carbonyl (C=O) groups is 2. The third kappa shape index (κ3) is 7.50. The minimum Gasteiger partial charge on any atom is -0.478 e. The summed E-state index contributed by atoms with van der Waals surface area (Å²) in [5, 5.41) is 48.0. The predicted octanol–water partition coefficient (Wildman–Crippen LogP) is -0.652. The van der Waals surface area contributed by atoms with E-state index >= 15 is 0 Å².